The molecule has 0 heterocycles. The van der Waals surface area contributed by atoms with Gasteiger partial charge in [0, 0.05) is 18.7 Å². The zero-order chi connectivity index (χ0) is 19.1. The minimum Gasteiger partial charge on any atom is -0.343 e. The van der Waals surface area contributed by atoms with Gasteiger partial charge in [-0.1, -0.05) is 56.3 Å². The molecule has 0 spiro atoms. The number of carbonyl (C=O) groups excluding carboxylic acids is 2. The number of hydrogen-bond donors (Lipinski definition) is 1. The lowest BCUT2D eigenvalue weighted by Gasteiger charge is -2.26. The average Bonchev–Trinajstić information content (AvgIpc) is 2.65. The van der Waals surface area contributed by atoms with Gasteiger partial charge in [-0.05, 0) is 42.5 Å². The van der Waals surface area contributed by atoms with Crippen LogP contribution in [0.25, 0.3) is 11.1 Å². The van der Waals surface area contributed by atoms with E-state index in [-0.39, 0.29) is 24.4 Å². The minimum absolute atomic E-state index is 0.0121. The van der Waals surface area contributed by atoms with Crippen molar-refractivity contribution in [2.75, 3.05) is 13.6 Å². The molecule has 138 valence electrons. The van der Waals surface area contributed by atoms with Gasteiger partial charge in [0.1, 0.15) is 0 Å². The Labute approximate surface area is 156 Å². The number of nitrogens with one attached hydrogen (secondary N) is 1. The van der Waals surface area contributed by atoms with Gasteiger partial charge >= 0.3 is 0 Å². The van der Waals surface area contributed by atoms with Gasteiger partial charge in [-0.3, -0.25) is 9.59 Å². The monoisotopic (exact) mass is 352 g/mol. The summed E-state index contributed by atoms with van der Waals surface area (Å²) in [5, 5.41) is 2.72. The number of carbonyl (C=O) groups is 2. The molecule has 0 bridgehead atoms. The normalized spacial score (nSPS) is 11.9. The Balaban J connectivity index is 1.90. The third-order valence-corrected chi connectivity index (χ3v) is 4.52. The Morgan fingerprint density at radius 2 is 1.50 bits per heavy atom. The molecule has 2 aromatic carbocycles. The lowest BCUT2D eigenvalue weighted by Crippen LogP contribution is -2.42. The van der Waals surface area contributed by atoms with Crippen LogP contribution >= 0.6 is 0 Å². The molecule has 0 aliphatic rings. The first kappa shape index (κ1) is 19.7. The van der Waals surface area contributed by atoms with Crippen LogP contribution in [-0.4, -0.2) is 36.3 Å². The molecule has 0 saturated carbocycles. The molecule has 2 rings (SSSR count). The van der Waals surface area contributed by atoms with Crippen LogP contribution in [0.3, 0.4) is 0 Å². The van der Waals surface area contributed by atoms with Gasteiger partial charge in [0.2, 0.25) is 5.91 Å². The second-order valence-electron chi connectivity index (χ2n) is 7.11. The Hall–Kier alpha value is -2.62. The average molecular weight is 352 g/mol. The quantitative estimate of drug-likeness (QED) is 0.819. The number of likely N-dealkylation sites (N-methyl/N-ethyl adjacent to an activating group) is 1. The molecule has 2 aromatic rings. The van der Waals surface area contributed by atoms with Crippen molar-refractivity contribution in [3.63, 3.8) is 0 Å². The van der Waals surface area contributed by atoms with E-state index in [1.807, 2.05) is 49.4 Å². The van der Waals surface area contributed by atoms with E-state index in [0.29, 0.717) is 11.5 Å². The van der Waals surface area contributed by atoms with Crippen LogP contribution in [0.15, 0.2) is 54.6 Å². The summed E-state index contributed by atoms with van der Waals surface area (Å²) < 4.78 is 0. The molecule has 0 aliphatic carbocycles. The van der Waals surface area contributed by atoms with Gasteiger partial charge in [-0.2, -0.15) is 0 Å². The van der Waals surface area contributed by atoms with Crippen molar-refractivity contribution in [1.29, 1.82) is 0 Å². The Morgan fingerprint density at radius 1 is 0.923 bits per heavy atom. The fourth-order valence-electron chi connectivity index (χ4n) is 2.91. The van der Waals surface area contributed by atoms with Gasteiger partial charge in [0.05, 0.1) is 6.54 Å². The van der Waals surface area contributed by atoms with E-state index in [4.69, 9.17) is 0 Å². The second-order valence-corrected chi connectivity index (χ2v) is 7.11. The molecule has 26 heavy (non-hydrogen) atoms. The number of nitrogens with zero attached hydrogens (tertiary/aromatic N) is 1. The fourth-order valence-corrected chi connectivity index (χ4v) is 2.91. The molecule has 4 nitrogen and oxygen atoms in total. The van der Waals surface area contributed by atoms with Gasteiger partial charge in [0.15, 0.2) is 0 Å². The molecule has 1 unspecified atom stereocenters. The predicted molar refractivity (Wildman–Crippen MR) is 106 cm³/mol. The zero-order valence-corrected chi connectivity index (χ0v) is 16.0. The van der Waals surface area contributed by atoms with Gasteiger partial charge in [-0.15, -0.1) is 0 Å². The van der Waals surface area contributed by atoms with Crippen LogP contribution in [0, 0.1) is 5.92 Å². The van der Waals surface area contributed by atoms with Crippen LogP contribution in [0.4, 0.5) is 0 Å². The van der Waals surface area contributed by atoms with Crippen molar-refractivity contribution in [3.8, 4) is 11.1 Å². The number of hydrogen-bond acceptors (Lipinski definition) is 2. The van der Waals surface area contributed by atoms with Crippen molar-refractivity contribution in [3.05, 3.63) is 60.2 Å². The lowest BCUT2D eigenvalue weighted by atomic mass is 10.0. The van der Waals surface area contributed by atoms with Crippen LogP contribution in [0.2, 0.25) is 0 Å². The summed E-state index contributed by atoms with van der Waals surface area (Å²) in [6.07, 6.45) is 0.942. The molecule has 1 N–H and O–H groups in total. The number of amides is 2. The lowest BCUT2D eigenvalue weighted by molar-refractivity contribution is -0.130. The maximum Gasteiger partial charge on any atom is 0.251 e. The first-order valence-electron chi connectivity index (χ1n) is 9.07. The molecule has 2 amide bonds. The first-order valence-corrected chi connectivity index (χ1v) is 9.07. The standard InChI is InChI=1S/C22H28N2O2/c1-16(2)14-17(3)24(4)21(25)15-23-22(26)20-12-10-19(11-13-20)18-8-6-5-7-9-18/h5-13,16-17H,14-15H2,1-4H3,(H,23,26). The highest BCUT2D eigenvalue weighted by atomic mass is 16.2. The van der Waals surface area contributed by atoms with Crippen LogP contribution in [-0.2, 0) is 4.79 Å². The molecule has 0 saturated heterocycles. The maximum atomic E-state index is 12.3. The van der Waals surface area contributed by atoms with E-state index in [1.165, 1.54) is 0 Å². The molecule has 4 heteroatoms. The summed E-state index contributed by atoms with van der Waals surface area (Å²) in [5.74, 6) is 0.216. The summed E-state index contributed by atoms with van der Waals surface area (Å²) in [5.41, 5.74) is 2.71. The van der Waals surface area contributed by atoms with Crippen LogP contribution in [0.5, 0.6) is 0 Å². The smallest absolute Gasteiger partial charge is 0.251 e. The van der Waals surface area contributed by atoms with E-state index in [1.54, 1.807) is 24.1 Å². The summed E-state index contributed by atoms with van der Waals surface area (Å²) in [4.78, 5) is 26.2. The Kier molecular flexibility index (Phi) is 6.96. The predicted octanol–water partition coefficient (Wildman–Crippen LogP) is 3.98. The molecular weight excluding hydrogens is 324 g/mol. The number of rotatable bonds is 7. The highest BCUT2D eigenvalue weighted by Gasteiger charge is 2.17. The van der Waals surface area contributed by atoms with E-state index in [9.17, 15) is 9.59 Å². The third-order valence-electron chi connectivity index (χ3n) is 4.52. The van der Waals surface area contributed by atoms with E-state index < -0.39 is 0 Å². The SMILES string of the molecule is CC(C)CC(C)N(C)C(=O)CNC(=O)c1ccc(-c2ccccc2)cc1. The molecule has 0 aromatic heterocycles. The molecule has 0 fully saturated rings. The highest BCUT2D eigenvalue weighted by Crippen LogP contribution is 2.19. The van der Waals surface area contributed by atoms with E-state index in [0.717, 1.165) is 17.5 Å². The van der Waals surface area contributed by atoms with E-state index >= 15 is 0 Å². The van der Waals surface area contributed by atoms with Crippen LogP contribution < -0.4 is 5.32 Å². The van der Waals surface area contributed by atoms with Crippen molar-refractivity contribution < 1.29 is 9.59 Å². The van der Waals surface area contributed by atoms with Gasteiger partial charge in [-0.25, -0.2) is 0 Å². The molecular formula is C22H28N2O2. The van der Waals surface area contributed by atoms with Gasteiger partial charge in [0.25, 0.3) is 5.91 Å². The Bertz CT molecular complexity index is 724. The van der Waals surface area contributed by atoms with Gasteiger partial charge < -0.3 is 10.2 Å². The third kappa shape index (κ3) is 5.45. The zero-order valence-electron chi connectivity index (χ0n) is 16.0. The fraction of sp³-hybridized carbons (Fsp3) is 0.364. The largest absolute Gasteiger partial charge is 0.343 e. The van der Waals surface area contributed by atoms with Crippen molar-refractivity contribution >= 4 is 11.8 Å². The van der Waals surface area contributed by atoms with Crippen LogP contribution in [0.1, 0.15) is 37.6 Å². The summed E-state index contributed by atoms with van der Waals surface area (Å²) >= 11 is 0. The maximum absolute atomic E-state index is 12.3. The minimum atomic E-state index is -0.233. The highest BCUT2D eigenvalue weighted by molar-refractivity contribution is 5.96. The number of benzene rings is 2. The molecule has 0 radical (unpaired) electrons. The summed E-state index contributed by atoms with van der Waals surface area (Å²) in [6.45, 7) is 6.31. The Morgan fingerprint density at radius 3 is 2.08 bits per heavy atom. The molecule has 1 atom stereocenters. The summed E-state index contributed by atoms with van der Waals surface area (Å²) in [6, 6.07) is 17.6. The topological polar surface area (TPSA) is 49.4 Å². The summed E-state index contributed by atoms with van der Waals surface area (Å²) in [7, 11) is 1.79. The van der Waals surface area contributed by atoms with Crippen molar-refractivity contribution in [2.24, 2.45) is 5.92 Å². The van der Waals surface area contributed by atoms with Crippen molar-refractivity contribution in [2.45, 2.75) is 33.2 Å². The first-order chi connectivity index (χ1) is 12.4. The molecule has 0 aliphatic heterocycles. The van der Waals surface area contributed by atoms with E-state index in [2.05, 4.69) is 19.2 Å². The van der Waals surface area contributed by atoms with Crippen molar-refractivity contribution in [1.82, 2.24) is 10.2 Å². The second kappa shape index (κ2) is 9.18.